The maximum Gasteiger partial charge on any atom is 0.337 e. The predicted molar refractivity (Wildman–Crippen MR) is 123 cm³/mol. The van der Waals surface area contributed by atoms with Crippen molar-refractivity contribution in [3.8, 4) is 0 Å². The van der Waals surface area contributed by atoms with Gasteiger partial charge in [-0.1, -0.05) is 46.3 Å². The largest absolute Gasteiger partial charge is 0.461 e. The molecule has 0 radical (unpaired) electrons. The average molecular weight is 525 g/mol. The van der Waals surface area contributed by atoms with E-state index in [2.05, 4.69) is 21.2 Å². The van der Waals surface area contributed by atoms with Gasteiger partial charge in [0.25, 0.3) is 0 Å². The number of carbonyl (C=O) groups is 4. The molecule has 8 nitrogen and oxygen atoms in total. The van der Waals surface area contributed by atoms with Crippen LogP contribution in [0.5, 0.6) is 0 Å². The summed E-state index contributed by atoms with van der Waals surface area (Å²) in [4.78, 5) is 52.2. The van der Waals surface area contributed by atoms with E-state index in [0.717, 1.165) is 5.56 Å². The number of esters is 2. The summed E-state index contributed by atoms with van der Waals surface area (Å²) in [6.45, 7) is 5.24. The number of thioether (sulfide) groups is 1. The molecule has 0 aliphatic carbocycles. The molecule has 10 heteroatoms. The van der Waals surface area contributed by atoms with Gasteiger partial charge in [0.2, 0.25) is 11.8 Å². The van der Waals surface area contributed by atoms with Crippen molar-refractivity contribution in [1.82, 2.24) is 10.2 Å². The lowest BCUT2D eigenvalue weighted by molar-refractivity contribution is -0.171. The van der Waals surface area contributed by atoms with Crippen LogP contribution in [-0.2, 0) is 35.1 Å². The van der Waals surface area contributed by atoms with Gasteiger partial charge in [0.15, 0.2) is 6.04 Å². The van der Waals surface area contributed by atoms with E-state index in [1.807, 2.05) is 30.3 Å². The molecule has 0 bridgehead atoms. The molecule has 2 aliphatic heterocycles. The van der Waals surface area contributed by atoms with E-state index in [1.54, 1.807) is 20.8 Å². The molecule has 2 unspecified atom stereocenters. The topological polar surface area (TPSA) is 102 Å². The third-order valence-electron chi connectivity index (χ3n) is 4.69. The summed E-state index contributed by atoms with van der Waals surface area (Å²) < 4.78 is 10.6. The molecule has 3 rings (SSSR count). The smallest absolute Gasteiger partial charge is 0.337 e. The monoisotopic (exact) mass is 524 g/mol. The van der Waals surface area contributed by atoms with Crippen LogP contribution in [0, 0.1) is 0 Å². The fourth-order valence-electron chi connectivity index (χ4n) is 3.37. The number of fused-ring (bicyclic) bond motifs is 1. The Kier molecular flexibility index (Phi) is 7.66. The zero-order valence-electron chi connectivity index (χ0n) is 18.0. The number of benzene rings is 1. The van der Waals surface area contributed by atoms with Gasteiger partial charge in [-0.2, -0.15) is 0 Å². The Labute approximate surface area is 199 Å². The van der Waals surface area contributed by atoms with Crippen LogP contribution in [0.3, 0.4) is 0 Å². The normalized spacial score (nSPS) is 22.2. The fourth-order valence-corrected chi connectivity index (χ4v) is 4.74. The summed E-state index contributed by atoms with van der Waals surface area (Å²) in [6, 6.07) is 7.17. The van der Waals surface area contributed by atoms with Gasteiger partial charge in [0.05, 0.1) is 12.0 Å². The first-order valence-electron chi connectivity index (χ1n) is 10.1. The number of hydrogen-bond acceptors (Lipinski definition) is 7. The van der Waals surface area contributed by atoms with E-state index in [1.165, 1.54) is 22.1 Å². The highest BCUT2D eigenvalue weighted by molar-refractivity contribution is 9.09. The Bertz CT molecular complexity index is 930. The number of hydrogen-bond donors (Lipinski definition) is 1. The van der Waals surface area contributed by atoms with Gasteiger partial charge in [0, 0.05) is 5.33 Å². The Balaban J connectivity index is 1.77. The molecule has 2 heterocycles. The van der Waals surface area contributed by atoms with Crippen LogP contribution >= 0.6 is 27.7 Å². The minimum Gasteiger partial charge on any atom is -0.461 e. The van der Waals surface area contributed by atoms with Crippen molar-refractivity contribution in [2.24, 2.45) is 0 Å². The number of ether oxygens (including phenoxy) is 2. The minimum atomic E-state index is -1.22. The van der Waals surface area contributed by atoms with Crippen molar-refractivity contribution in [3.63, 3.8) is 0 Å². The van der Waals surface area contributed by atoms with E-state index in [0.29, 0.717) is 5.33 Å². The number of alkyl halides is 1. The predicted octanol–water partition coefficient (Wildman–Crippen LogP) is 2.16. The van der Waals surface area contributed by atoms with Gasteiger partial charge >= 0.3 is 11.9 Å². The lowest BCUT2D eigenvalue weighted by Gasteiger charge is -2.51. The van der Waals surface area contributed by atoms with Crippen molar-refractivity contribution >= 4 is 51.4 Å². The lowest BCUT2D eigenvalue weighted by atomic mass is 9.97. The van der Waals surface area contributed by atoms with E-state index in [-0.39, 0.29) is 24.5 Å². The summed E-state index contributed by atoms with van der Waals surface area (Å²) in [5.41, 5.74) is 0.0661. The number of amides is 2. The molecule has 1 aromatic carbocycles. The Morgan fingerprint density at radius 2 is 1.88 bits per heavy atom. The van der Waals surface area contributed by atoms with Gasteiger partial charge in [-0.15, -0.1) is 11.8 Å². The second kappa shape index (κ2) is 10.1. The summed E-state index contributed by atoms with van der Waals surface area (Å²) in [6.07, 6.45) is 0.136. The molecule has 32 heavy (non-hydrogen) atoms. The van der Waals surface area contributed by atoms with Gasteiger partial charge in [-0.25, -0.2) is 9.59 Å². The van der Waals surface area contributed by atoms with Gasteiger partial charge in [-0.3, -0.25) is 9.59 Å². The number of rotatable bonds is 7. The van der Waals surface area contributed by atoms with Crippen LogP contribution in [0.25, 0.3) is 0 Å². The molecule has 2 amide bonds. The highest BCUT2D eigenvalue weighted by Crippen LogP contribution is 2.41. The van der Waals surface area contributed by atoms with Crippen molar-refractivity contribution in [2.45, 2.75) is 50.3 Å². The molecule has 0 saturated carbocycles. The number of carbonyl (C=O) groups excluding carboxylic acids is 4. The zero-order valence-corrected chi connectivity index (χ0v) is 20.4. The molecular weight excluding hydrogens is 500 g/mol. The van der Waals surface area contributed by atoms with Crippen LogP contribution in [-0.4, -0.2) is 63.6 Å². The zero-order chi connectivity index (χ0) is 23.5. The number of nitrogens with zero attached hydrogens (tertiary/aromatic N) is 1. The van der Waals surface area contributed by atoms with Crippen molar-refractivity contribution in [1.29, 1.82) is 0 Å². The third-order valence-corrected chi connectivity index (χ3v) is 6.18. The molecule has 172 valence electrons. The van der Waals surface area contributed by atoms with Crippen molar-refractivity contribution < 1.29 is 28.7 Å². The van der Waals surface area contributed by atoms with E-state index >= 15 is 0 Å². The molecule has 0 aromatic heterocycles. The average Bonchev–Trinajstić information content (AvgIpc) is 2.74. The highest BCUT2D eigenvalue weighted by Gasteiger charge is 2.57. The molecule has 0 spiro atoms. The maximum atomic E-state index is 12.9. The van der Waals surface area contributed by atoms with E-state index in [4.69, 9.17) is 9.47 Å². The lowest BCUT2D eigenvalue weighted by Crippen LogP contribution is -2.74. The quantitative estimate of drug-likeness (QED) is 0.331. The van der Waals surface area contributed by atoms with Crippen LogP contribution in [0.15, 0.2) is 41.3 Å². The first kappa shape index (κ1) is 24.3. The SMILES string of the molecule is CC(C)(C)OC(=O)C1C(C(=O)OCCBr)=CS[C@@H]2C(NC(=O)Cc3ccccc3)C(=O)N12. The summed E-state index contributed by atoms with van der Waals surface area (Å²) in [5.74, 6) is -2.14. The molecule has 1 N–H and O–H groups in total. The Morgan fingerprint density at radius 3 is 2.50 bits per heavy atom. The minimum absolute atomic E-state index is 0.0452. The second-order valence-electron chi connectivity index (χ2n) is 8.31. The van der Waals surface area contributed by atoms with Crippen molar-refractivity contribution in [3.05, 3.63) is 46.9 Å². The molecule has 1 aromatic rings. The van der Waals surface area contributed by atoms with Gasteiger partial charge in [0.1, 0.15) is 23.6 Å². The summed E-state index contributed by atoms with van der Waals surface area (Å²) in [7, 11) is 0. The number of β-lactam (4-membered cyclic amide) rings is 1. The molecule has 3 atom stereocenters. The summed E-state index contributed by atoms with van der Waals surface area (Å²) >= 11 is 4.37. The Hall–Kier alpha value is -2.33. The van der Waals surface area contributed by atoms with Crippen LogP contribution in [0.4, 0.5) is 0 Å². The van der Waals surface area contributed by atoms with Gasteiger partial charge in [-0.05, 0) is 31.7 Å². The molecule has 2 aliphatic rings. The number of nitrogens with one attached hydrogen (secondary N) is 1. The van der Waals surface area contributed by atoms with Crippen LogP contribution in [0.1, 0.15) is 26.3 Å². The first-order chi connectivity index (χ1) is 15.1. The van der Waals surface area contributed by atoms with Crippen LogP contribution < -0.4 is 5.32 Å². The van der Waals surface area contributed by atoms with E-state index < -0.39 is 40.9 Å². The maximum absolute atomic E-state index is 12.9. The Morgan fingerprint density at radius 1 is 1.19 bits per heavy atom. The molecule has 1 saturated heterocycles. The van der Waals surface area contributed by atoms with Crippen LogP contribution in [0.2, 0.25) is 0 Å². The molecular formula is C22H25BrN2O6S. The number of halogens is 1. The van der Waals surface area contributed by atoms with Gasteiger partial charge < -0.3 is 19.7 Å². The second-order valence-corrected chi connectivity index (χ2v) is 10.1. The molecule has 1 fully saturated rings. The van der Waals surface area contributed by atoms with E-state index in [9.17, 15) is 19.2 Å². The van der Waals surface area contributed by atoms with Crippen molar-refractivity contribution in [2.75, 3.05) is 11.9 Å². The summed E-state index contributed by atoms with van der Waals surface area (Å²) in [5, 5.41) is 4.19. The fraction of sp³-hybridized carbons (Fsp3) is 0.455. The first-order valence-corrected chi connectivity index (χ1v) is 12.2. The highest BCUT2D eigenvalue weighted by atomic mass is 79.9. The standard InChI is InChI=1S/C22H25BrN2O6S/c1-22(2,3)31-21(29)17-14(20(28)30-10-9-23)12-32-19-16(18(27)25(17)19)24-15(26)11-13-7-5-4-6-8-13/h4-8,12,16-17,19H,9-11H2,1-3H3,(H,24,26)/t16?,17?,19-/m1/s1. The third kappa shape index (κ3) is 5.53.